The fraction of sp³-hybridized carbons (Fsp3) is 0.923. The Labute approximate surface area is 99.4 Å². The van der Waals surface area contributed by atoms with Gasteiger partial charge in [0.25, 0.3) is 0 Å². The molecule has 0 aromatic rings. The molecule has 1 rings (SSSR count). The van der Waals surface area contributed by atoms with Crippen LogP contribution in [-0.2, 0) is 4.79 Å². The molecule has 1 saturated heterocycles. The topological polar surface area (TPSA) is 41.1 Å². The summed E-state index contributed by atoms with van der Waals surface area (Å²) in [6.07, 6.45) is 3.35. The van der Waals surface area contributed by atoms with E-state index in [-0.39, 0.29) is 17.4 Å². The summed E-state index contributed by atoms with van der Waals surface area (Å²) in [5.41, 5.74) is 0.257. The Morgan fingerprint density at radius 3 is 2.62 bits per heavy atom. The fourth-order valence-corrected chi connectivity index (χ4v) is 1.76. The normalized spacial score (nSPS) is 23.9. The van der Waals surface area contributed by atoms with Crippen molar-refractivity contribution in [2.45, 2.75) is 53.0 Å². The zero-order chi connectivity index (χ0) is 12.2. The number of piperidine rings is 1. The minimum atomic E-state index is 0.0425. The van der Waals surface area contributed by atoms with Gasteiger partial charge in [-0.3, -0.25) is 4.79 Å². The molecule has 0 spiro atoms. The van der Waals surface area contributed by atoms with Crippen molar-refractivity contribution in [3.8, 4) is 0 Å². The third-order valence-electron chi connectivity index (χ3n) is 3.69. The molecular weight excluding hydrogens is 200 g/mol. The Bertz CT molecular complexity index is 227. The molecule has 0 aromatic carbocycles. The highest BCUT2D eigenvalue weighted by atomic mass is 16.2. The number of hydrogen-bond acceptors (Lipinski definition) is 2. The van der Waals surface area contributed by atoms with Gasteiger partial charge < -0.3 is 10.6 Å². The number of rotatable bonds is 3. The quantitative estimate of drug-likeness (QED) is 0.772. The number of nitrogens with one attached hydrogen (secondary N) is 2. The number of hydrogen-bond donors (Lipinski definition) is 2. The highest BCUT2D eigenvalue weighted by Crippen LogP contribution is 2.24. The molecule has 1 heterocycles. The predicted octanol–water partition coefficient (Wildman–Crippen LogP) is 1.93. The van der Waals surface area contributed by atoms with Gasteiger partial charge in [0, 0.05) is 6.54 Å². The predicted molar refractivity (Wildman–Crippen MR) is 67.3 cm³/mol. The summed E-state index contributed by atoms with van der Waals surface area (Å²) in [5.74, 6) is 0.677. The Balaban J connectivity index is 2.29. The summed E-state index contributed by atoms with van der Waals surface area (Å²) in [5, 5.41) is 6.33. The second-order valence-electron chi connectivity index (χ2n) is 6.01. The van der Waals surface area contributed by atoms with Crippen LogP contribution in [0.2, 0.25) is 0 Å². The maximum atomic E-state index is 11.9. The van der Waals surface area contributed by atoms with Crippen molar-refractivity contribution in [3.05, 3.63) is 0 Å². The van der Waals surface area contributed by atoms with Gasteiger partial charge in [0.05, 0.1) is 6.04 Å². The standard InChI is InChI=1S/C13H26N2O/c1-10(13(2,3)4)9-15-12(16)11-7-5-6-8-14-11/h10-11,14H,5-9H2,1-4H3,(H,15,16). The molecule has 0 radical (unpaired) electrons. The molecule has 94 valence electrons. The smallest absolute Gasteiger partial charge is 0.237 e. The summed E-state index contributed by atoms with van der Waals surface area (Å²) < 4.78 is 0. The SMILES string of the molecule is CC(CNC(=O)C1CCCCN1)C(C)(C)C. The highest BCUT2D eigenvalue weighted by Gasteiger charge is 2.23. The molecule has 1 aliphatic heterocycles. The fourth-order valence-electron chi connectivity index (χ4n) is 1.76. The Morgan fingerprint density at radius 2 is 2.12 bits per heavy atom. The van der Waals surface area contributed by atoms with E-state index in [1.165, 1.54) is 12.8 Å². The lowest BCUT2D eigenvalue weighted by molar-refractivity contribution is -0.124. The molecule has 1 aliphatic rings. The van der Waals surface area contributed by atoms with Gasteiger partial charge in [0.2, 0.25) is 5.91 Å². The molecule has 1 amide bonds. The minimum absolute atomic E-state index is 0.0425. The largest absolute Gasteiger partial charge is 0.354 e. The third-order valence-corrected chi connectivity index (χ3v) is 3.69. The van der Waals surface area contributed by atoms with Gasteiger partial charge in [-0.15, -0.1) is 0 Å². The molecule has 3 heteroatoms. The molecule has 0 aromatic heterocycles. The molecule has 0 bridgehead atoms. The van der Waals surface area contributed by atoms with Crippen molar-refractivity contribution in [2.75, 3.05) is 13.1 Å². The van der Waals surface area contributed by atoms with Crippen molar-refractivity contribution < 1.29 is 4.79 Å². The van der Waals surface area contributed by atoms with E-state index in [0.29, 0.717) is 5.92 Å². The first kappa shape index (κ1) is 13.5. The van der Waals surface area contributed by atoms with Gasteiger partial charge in [-0.25, -0.2) is 0 Å². The summed E-state index contributed by atoms with van der Waals surface area (Å²) in [6, 6.07) is 0.0425. The molecule has 1 fully saturated rings. The summed E-state index contributed by atoms with van der Waals surface area (Å²) in [7, 11) is 0. The van der Waals surface area contributed by atoms with Crippen LogP contribution in [-0.4, -0.2) is 25.0 Å². The second-order valence-corrected chi connectivity index (χ2v) is 6.01. The molecule has 0 aliphatic carbocycles. The number of carbonyl (C=O) groups is 1. The van der Waals surface area contributed by atoms with E-state index in [0.717, 1.165) is 19.5 Å². The molecule has 2 atom stereocenters. The zero-order valence-electron chi connectivity index (χ0n) is 11.1. The Kier molecular flexibility index (Phi) is 4.78. The maximum Gasteiger partial charge on any atom is 0.237 e. The molecule has 16 heavy (non-hydrogen) atoms. The van der Waals surface area contributed by atoms with Crippen molar-refractivity contribution in [2.24, 2.45) is 11.3 Å². The van der Waals surface area contributed by atoms with Crippen LogP contribution in [0, 0.1) is 11.3 Å². The summed E-state index contributed by atoms with van der Waals surface area (Å²) in [6.45, 7) is 10.6. The van der Waals surface area contributed by atoms with E-state index in [1.54, 1.807) is 0 Å². The minimum Gasteiger partial charge on any atom is -0.354 e. The summed E-state index contributed by atoms with van der Waals surface area (Å²) in [4.78, 5) is 11.9. The van der Waals surface area contributed by atoms with Gasteiger partial charge in [-0.05, 0) is 30.7 Å². The average Bonchev–Trinajstić information content (AvgIpc) is 2.25. The third kappa shape index (κ3) is 4.12. The maximum absolute atomic E-state index is 11.9. The van der Waals surface area contributed by atoms with E-state index in [1.807, 2.05) is 0 Å². The van der Waals surface area contributed by atoms with Crippen LogP contribution in [0.5, 0.6) is 0 Å². The van der Waals surface area contributed by atoms with Crippen LogP contribution >= 0.6 is 0 Å². The zero-order valence-corrected chi connectivity index (χ0v) is 11.1. The van der Waals surface area contributed by atoms with Crippen molar-refractivity contribution in [1.29, 1.82) is 0 Å². The Morgan fingerprint density at radius 1 is 1.44 bits per heavy atom. The number of carbonyl (C=O) groups excluding carboxylic acids is 1. The lowest BCUT2D eigenvalue weighted by atomic mass is 9.82. The van der Waals surface area contributed by atoms with E-state index in [2.05, 4.69) is 38.3 Å². The van der Waals surface area contributed by atoms with E-state index >= 15 is 0 Å². The van der Waals surface area contributed by atoms with Crippen molar-refractivity contribution in [3.63, 3.8) is 0 Å². The molecule has 2 unspecified atom stereocenters. The molecule has 3 nitrogen and oxygen atoms in total. The van der Waals surface area contributed by atoms with Crippen LogP contribution in [0.3, 0.4) is 0 Å². The van der Waals surface area contributed by atoms with Crippen LogP contribution in [0.1, 0.15) is 47.0 Å². The van der Waals surface area contributed by atoms with Crippen molar-refractivity contribution in [1.82, 2.24) is 10.6 Å². The monoisotopic (exact) mass is 226 g/mol. The van der Waals surface area contributed by atoms with Crippen molar-refractivity contribution >= 4 is 5.91 Å². The lowest BCUT2D eigenvalue weighted by Gasteiger charge is -2.29. The van der Waals surface area contributed by atoms with Crippen LogP contribution in [0.25, 0.3) is 0 Å². The Hall–Kier alpha value is -0.570. The number of amides is 1. The molecular formula is C13H26N2O. The van der Waals surface area contributed by atoms with E-state index < -0.39 is 0 Å². The molecule has 0 saturated carbocycles. The van der Waals surface area contributed by atoms with E-state index in [9.17, 15) is 4.79 Å². The van der Waals surface area contributed by atoms with Gasteiger partial charge >= 0.3 is 0 Å². The van der Waals surface area contributed by atoms with Crippen LogP contribution in [0.15, 0.2) is 0 Å². The first-order valence-corrected chi connectivity index (χ1v) is 6.42. The average molecular weight is 226 g/mol. The first-order chi connectivity index (χ1) is 7.41. The van der Waals surface area contributed by atoms with Gasteiger partial charge in [0.1, 0.15) is 0 Å². The first-order valence-electron chi connectivity index (χ1n) is 6.42. The second kappa shape index (κ2) is 5.67. The van der Waals surface area contributed by atoms with Crippen LogP contribution < -0.4 is 10.6 Å². The lowest BCUT2D eigenvalue weighted by Crippen LogP contribution is -2.48. The van der Waals surface area contributed by atoms with Gasteiger partial charge in [0.15, 0.2) is 0 Å². The van der Waals surface area contributed by atoms with Gasteiger partial charge in [-0.2, -0.15) is 0 Å². The summed E-state index contributed by atoms with van der Waals surface area (Å²) >= 11 is 0. The van der Waals surface area contributed by atoms with Crippen LogP contribution in [0.4, 0.5) is 0 Å². The van der Waals surface area contributed by atoms with E-state index in [4.69, 9.17) is 0 Å². The molecule has 2 N–H and O–H groups in total. The highest BCUT2D eigenvalue weighted by molar-refractivity contribution is 5.81. The van der Waals surface area contributed by atoms with Gasteiger partial charge in [-0.1, -0.05) is 34.1 Å².